The fourth-order valence-corrected chi connectivity index (χ4v) is 1.07. The van der Waals surface area contributed by atoms with Crippen molar-refractivity contribution in [1.82, 2.24) is 0 Å². The van der Waals surface area contributed by atoms with E-state index in [-0.39, 0.29) is 29.5 Å². The standard InChI is InChI=1S/C10H11FO3/c1-3-14-10-8(11)4-7(6(2)12)5-9(10)13/h4-5,13H,3H2,1-2H3. The monoisotopic (exact) mass is 198 g/mol. The summed E-state index contributed by atoms with van der Waals surface area (Å²) < 4.78 is 18.1. The summed E-state index contributed by atoms with van der Waals surface area (Å²) >= 11 is 0. The van der Waals surface area contributed by atoms with Crippen LogP contribution in [0.5, 0.6) is 11.5 Å². The van der Waals surface area contributed by atoms with Crippen molar-refractivity contribution in [3.05, 3.63) is 23.5 Å². The van der Waals surface area contributed by atoms with E-state index in [0.717, 1.165) is 6.07 Å². The highest BCUT2D eigenvalue weighted by molar-refractivity contribution is 5.94. The van der Waals surface area contributed by atoms with Gasteiger partial charge in [0.25, 0.3) is 0 Å². The van der Waals surface area contributed by atoms with Crippen molar-refractivity contribution < 1.29 is 19.0 Å². The van der Waals surface area contributed by atoms with Crippen LogP contribution in [-0.4, -0.2) is 17.5 Å². The molecule has 1 rings (SSSR count). The molecular weight excluding hydrogens is 187 g/mol. The van der Waals surface area contributed by atoms with E-state index in [1.165, 1.54) is 13.0 Å². The van der Waals surface area contributed by atoms with Crippen LogP contribution in [0.1, 0.15) is 24.2 Å². The molecule has 76 valence electrons. The highest BCUT2D eigenvalue weighted by atomic mass is 19.1. The maximum Gasteiger partial charge on any atom is 0.196 e. The Bertz CT molecular complexity index is 337. The highest BCUT2D eigenvalue weighted by Gasteiger charge is 2.13. The van der Waals surface area contributed by atoms with E-state index in [1.807, 2.05) is 0 Å². The number of carbonyl (C=O) groups is 1. The van der Waals surface area contributed by atoms with E-state index in [1.54, 1.807) is 6.92 Å². The lowest BCUT2D eigenvalue weighted by molar-refractivity contribution is 0.101. The van der Waals surface area contributed by atoms with Gasteiger partial charge in [0.15, 0.2) is 23.1 Å². The SMILES string of the molecule is CCOc1c(O)cc(C(C)=O)cc1F. The molecule has 1 N–H and O–H groups in total. The third-order valence-corrected chi connectivity index (χ3v) is 1.72. The molecule has 0 saturated carbocycles. The summed E-state index contributed by atoms with van der Waals surface area (Å²) in [5.41, 5.74) is 0.128. The van der Waals surface area contributed by atoms with Crippen molar-refractivity contribution in [1.29, 1.82) is 0 Å². The van der Waals surface area contributed by atoms with Crippen LogP contribution in [-0.2, 0) is 0 Å². The lowest BCUT2D eigenvalue weighted by Crippen LogP contribution is -1.99. The molecule has 4 heteroatoms. The van der Waals surface area contributed by atoms with Gasteiger partial charge in [0.05, 0.1) is 6.61 Å². The number of hydrogen-bond acceptors (Lipinski definition) is 3. The van der Waals surface area contributed by atoms with E-state index in [9.17, 15) is 14.3 Å². The van der Waals surface area contributed by atoms with Gasteiger partial charge in [-0.05, 0) is 26.0 Å². The topological polar surface area (TPSA) is 46.5 Å². The molecule has 0 radical (unpaired) electrons. The minimum absolute atomic E-state index is 0.128. The summed E-state index contributed by atoms with van der Waals surface area (Å²) in [6, 6.07) is 2.24. The molecule has 1 aromatic rings. The molecule has 0 amide bonds. The first-order valence-corrected chi connectivity index (χ1v) is 4.22. The van der Waals surface area contributed by atoms with Crippen molar-refractivity contribution in [2.75, 3.05) is 6.61 Å². The van der Waals surface area contributed by atoms with Gasteiger partial charge in [-0.15, -0.1) is 0 Å². The lowest BCUT2D eigenvalue weighted by atomic mass is 10.1. The number of ketones is 1. The van der Waals surface area contributed by atoms with Crippen molar-refractivity contribution in [3.63, 3.8) is 0 Å². The lowest BCUT2D eigenvalue weighted by Gasteiger charge is -2.07. The van der Waals surface area contributed by atoms with Crippen LogP contribution in [0, 0.1) is 5.82 Å². The number of rotatable bonds is 3. The second-order valence-corrected chi connectivity index (χ2v) is 2.80. The van der Waals surface area contributed by atoms with Gasteiger partial charge in [0, 0.05) is 5.56 Å². The van der Waals surface area contributed by atoms with Crippen LogP contribution >= 0.6 is 0 Å². The van der Waals surface area contributed by atoms with Gasteiger partial charge in [0.2, 0.25) is 0 Å². The number of aromatic hydroxyl groups is 1. The minimum atomic E-state index is -0.725. The molecule has 0 spiro atoms. The van der Waals surface area contributed by atoms with Gasteiger partial charge in [-0.2, -0.15) is 0 Å². The third kappa shape index (κ3) is 2.02. The Balaban J connectivity index is 3.18. The number of phenols is 1. The van der Waals surface area contributed by atoms with Gasteiger partial charge < -0.3 is 9.84 Å². The first-order chi connectivity index (χ1) is 6.56. The van der Waals surface area contributed by atoms with Crippen LogP contribution < -0.4 is 4.74 Å². The molecule has 14 heavy (non-hydrogen) atoms. The Kier molecular flexibility index (Phi) is 3.06. The van der Waals surface area contributed by atoms with Gasteiger partial charge in [0.1, 0.15) is 0 Å². The molecule has 3 nitrogen and oxygen atoms in total. The molecule has 1 aromatic carbocycles. The Morgan fingerprint density at radius 1 is 1.57 bits per heavy atom. The summed E-state index contributed by atoms with van der Waals surface area (Å²) in [6.07, 6.45) is 0. The van der Waals surface area contributed by atoms with Gasteiger partial charge in [-0.1, -0.05) is 0 Å². The molecule has 0 aromatic heterocycles. The van der Waals surface area contributed by atoms with Crippen molar-refractivity contribution in [2.24, 2.45) is 0 Å². The van der Waals surface area contributed by atoms with Crippen LogP contribution in [0.15, 0.2) is 12.1 Å². The van der Waals surface area contributed by atoms with E-state index in [2.05, 4.69) is 0 Å². The Labute approximate surface area is 81.1 Å². The maximum atomic E-state index is 13.2. The molecule has 0 fully saturated rings. The van der Waals surface area contributed by atoms with E-state index >= 15 is 0 Å². The molecule has 0 unspecified atom stereocenters. The molecule has 0 aliphatic heterocycles. The second-order valence-electron chi connectivity index (χ2n) is 2.80. The predicted molar refractivity (Wildman–Crippen MR) is 49.2 cm³/mol. The average Bonchev–Trinajstić information content (AvgIpc) is 2.10. The maximum absolute atomic E-state index is 13.2. The predicted octanol–water partition coefficient (Wildman–Crippen LogP) is 2.13. The van der Waals surface area contributed by atoms with Gasteiger partial charge in [-0.3, -0.25) is 4.79 Å². The molecule has 0 aliphatic carbocycles. The fourth-order valence-electron chi connectivity index (χ4n) is 1.07. The number of halogens is 1. The van der Waals surface area contributed by atoms with Crippen LogP contribution in [0.25, 0.3) is 0 Å². The van der Waals surface area contributed by atoms with Crippen LogP contribution in [0.2, 0.25) is 0 Å². The third-order valence-electron chi connectivity index (χ3n) is 1.72. The average molecular weight is 198 g/mol. The Morgan fingerprint density at radius 2 is 2.21 bits per heavy atom. The molecular formula is C10H11FO3. The molecule has 0 heterocycles. The van der Waals surface area contributed by atoms with E-state index in [4.69, 9.17) is 4.74 Å². The minimum Gasteiger partial charge on any atom is -0.504 e. The van der Waals surface area contributed by atoms with Gasteiger partial charge in [-0.25, -0.2) is 4.39 Å². The quantitative estimate of drug-likeness (QED) is 0.757. The van der Waals surface area contributed by atoms with Gasteiger partial charge >= 0.3 is 0 Å². The fraction of sp³-hybridized carbons (Fsp3) is 0.300. The number of carbonyl (C=O) groups excluding carboxylic acids is 1. The second kappa shape index (κ2) is 4.09. The summed E-state index contributed by atoms with van der Waals surface area (Å²) in [7, 11) is 0. The summed E-state index contributed by atoms with van der Waals surface area (Å²) in [6.45, 7) is 3.23. The van der Waals surface area contributed by atoms with Crippen LogP contribution in [0.4, 0.5) is 4.39 Å². The largest absolute Gasteiger partial charge is 0.504 e. The number of benzene rings is 1. The smallest absolute Gasteiger partial charge is 0.196 e. The van der Waals surface area contributed by atoms with E-state index < -0.39 is 5.82 Å². The number of phenolic OH excluding ortho intramolecular Hbond substituents is 1. The number of hydrogen-bond donors (Lipinski definition) is 1. The molecule has 0 atom stereocenters. The summed E-state index contributed by atoms with van der Waals surface area (Å²) in [4.78, 5) is 10.9. The van der Waals surface area contributed by atoms with Crippen molar-refractivity contribution in [2.45, 2.75) is 13.8 Å². The zero-order chi connectivity index (χ0) is 10.7. The number of ether oxygens (including phenoxy) is 1. The number of Topliss-reactive ketones (excluding diaryl/α,β-unsaturated/α-hetero) is 1. The normalized spacial score (nSPS) is 9.93. The zero-order valence-corrected chi connectivity index (χ0v) is 8.00. The van der Waals surface area contributed by atoms with Crippen LogP contribution in [0.3, 0.4) is 0 Å². The summed E-state index contributed by atoms with van der Waals surface area (Å²) in [5, 5.41) is 9.33. The highest BCUT2D eigenvalue weighted by Crippen LogP contribution is 2.30. The Hall–Kier alpha value is -1.58. The Morgan fingerprint density at radius 3 is 2.64 bits per heavy atom. The molecule has 0 aliphatic rings. The van der Waals surface area contributed by atoms with Crippen molar-refractivity contribution in [3.8, 4) is 11.5 Å². The van der Waals surface area contributed by atoms with E-state index in [0.29, 0.717) is 0 Å². The first kappa shape index (κ1) is 10.5. The zero-order valence-electron chi connectivity index (χ0n) is 8.00. The molecule has 0 saturated heterocycles. The first-order valence-electron chi connectivity index (χ1n) is 4.22. The van der Waals surface area contributed by atoms with Crippen molar-refractivity contribution >= 4 is 5.78 Å². The summed E-state index contributed by atoms with van der Waals surface area (Å²) in [5.74, 6) is -1.59. The molecule has 0 bridgehead atoms.